The lowest BCUT2D eigenvalue weighted by atomic mass is 9.93. The summed E-state index contributed by atoms with van der Waals surface area (Å²) < 4.78 is 5.34. The molecule has 0 bridgehead atoms. The van der Waals surface area contributed by atoms with Gasteiger partial charge in [-0.05, 0) is 41.7 Å². The van der Waals surface area contributed by atoms with E-state index >= 15 is 0 Å². The number of anilines is 1. The van der Waals surface area contributed by atoms with Crippen molar-refractivity contribution in [3.8, 4) is 0 Å². The predicted octanol–water partition coefficient (Wildman–Crippen LogP) is 3.92. The largest absolute Gasteiger partial charge is 0.421 e. The summed E-state index contributed by atoms with van der Waals surface area (Å²) >= 11 is 0. The standard InChI is InChI=1S/C19H17NO2/c1-3-14-9-10-16-17(12(2)18(20)19(21)22-16)15(14)11-13-7-5-4-6-8-13/h3-10H,1,11,20H2,2H3. The Balaban J connectivity index is 2.32. The van der Waals surface area contributed by atoms with E-state index in [1.54, 1.807) is 6.07 Å². The molecule has 0 aliphatic rings. The molecule has 3 nitrogen and oxygen atoms in total. The smallest absolute Gasteiger partial charge is 0.359 e. The van der Waals surface area contributed by atoms with Gasteiger partial charge in [0.25, 0.3) is 0 Å². The lowest BCUT2D eigenvalue weighted by Crippen LogP contribution is -2.10. The van der Waals surface area contributed by atoms with Crippen LogP contribution in [0.5, 0.6) is 0 Å². The van der Waals surface area contributed by atoms with E-state index in [1.807, 2.05) is 37.3 Å². The summed E-state index contributed by atoms with van der Waals surface area (Å²) in [6.45, 7) is 5.74. The van der Waals surface area contributed by atoms with Crippen molar-refractivity contribution in [2.24, 2.45) is 0 Å². The molecular weight excluding hydrogens is 274 g/mol. The molecule has 3 rings (SSSR count). The van der Waals surface area contributed by atoms with Crippen LogP contribution >= 0.6 is 0 Å². The Hall–Kier alpha value is -2.81. The maximum Gasteiger partial charge on any atom is 0.359 e. The number of benzene rings is 2. The minimum absolute atomic E-state index is 0.169. The Labute approximate surface area is 128 Å². The molecule has 0 aliphatic carbocycles. The number of rotatable bonds is 3. The number of nitrogens with two attached hydrogens (primary N) is 1. The number of nitrogen functional groups attached to an aromatic ring is 1. The lowest BCUT2D eigenvalue weighted by Gasteiger charge is -2.13. The third kappa shape index (κ3) is 2.31. The fourth-order valence-electron chi connectivity index (χ4n) is 2.76. The van der Waals surface area contributed by atoms with Gasteiger partial charge in [0.2, 0.25) is 0 Å². The third-order valence-electron chi connectivity index (χ3n) is 3.96. The van der Waals surface area contributed by atoms with E-state index < -0.39 is 5.63 Å². The van der Waals surface area contributed by atoms with E-state index in [2.05, 4.69) is 18.7 Å². The Morgan fingerprint density at radius 2 is 1.91 bits per heavy atom. The molecule has 0 aliphatic heterocycles. The van der Waals surface area contributed by atoms with Crippen molar-refractivity contribution in [3.63, 3.8) is 0 Å². The zero-order valence-electron chi connectivity index (χ0n) is 12.4. The summed E-state index contributed by atoms with van der Waals surface area (Å²) in [5.41, 5.74) is 10.2. The first-order chi connectivity index (χ1) is 10.6. The van der Waals surface area contributed by atoms with Gasteiger partial charge < -0.3 is 10.2 Å². The van der Waals surface area contributed by atoms with Gasteiger partial charge in [0.15, 0.2) is 0 Å². The van der Waals surface area contributed by atoms with Gasteiger partial charge >= 0.3 is 5.63 Å². The van der Waals surface area contributed by atoms with Gasteiger partial charge in [0.1, 0.15) is 11.3 Å². The number of hydrogen-bond donors (Lipinski definition) is 1. The van der Waals surface area contributed by atoms with Crippen molar-refractivity contribution >= 4 is 22.7 Å². The monoisotopic (exact) mass is 291 g/mol. The molecule has 1 heterocycles. The van der Waals surface area contributed by atoms with E-state index in [0.29, 0.717) is 5.58 Å². The number of hydrogen-bond acceptors (Lipinski definition) is 3. The SMILES string of the molecule is C=Cc1ccc2oc(=O)c(N)c(C)c2c1Cc1ccccc1. The van der Waals surface area contributed by atoms with Gasteiger partial charge in [-0.15, -0.1) is 0 Å². The van der Waals surface area contributed by atoms with Gasteiger partial charge in [-0.25, -0.2) is 4.79 Å². The fourth-order valence-corrected chi connectivity index (χ4v) is 2.76. The first kappa shape index (κ1) is 14.1. The number of fused-ring (bicyclic) bond motifs is 1. The molecule has 0 fully saturated rings. The summed E-state index contributed by atoms with van der Waals surface area (Å²) in [6.07, 6.45) is 2.55. The maximum absolute atomic E-state index is 11.8. The highest BCUT2D eigenvalue weighted by Crippen LogP contribution is 2.29. The molecule has 110 valence electrons. The Kier molecular flexibility index (Phi) is 3.55. The van der Waals surface area contributed by atoms with Gasteiger partial charge in [-0.3, -0.25) is 0 Å². The van der Waals surface area contributed by atoms with Crippen LogP contribution in [0.3, 0.4) is 0 Å². The van der Waals surface area contributed by atoms with Gasteiger partial charge in [-0.1, -0.05) is 49.1 Å². The molecule has 0 saturated carbocycles. The van der Waals surface area contributed by atoms with Crippen LogP contribution < -0.4 is 11.4 Å². The summed E-state index contributed by atoms with van der Waals surface area (Å²) in [4.78, 5) is 11.8. The molecular formula is C19H17NO2. The molecule has 0 unspecified atom stereocenters. The molecule has 0 saturated heterocycles. The van der Waals surface area contributed by atoms with Crippen molar-refractivity contribution in [1.82, 2.24) is 0 Å². The lowest BCUT2D eigenvalue weighted by molar-refractivity contribution is 0.563. The van der Waals surface area contributed by atoms with E-state index in [9.17, 15) is 4.79 Å². The molecule has 22 heavy (non-hydrogen) atoms. The highest BCUT2D eigenvalue weighted by atomic mass is 16.4. The van der Waals surface area contributed by atoms with Crippen LogP contribution in [-0.2, 0) is 6.42 Å². The summed E-state index contributed by atoms with van der Waals surface area (Å²) in [6, 6.07) is 13.9. The maximum atomic E-state index is 11.8. The quantitative estimate of drug-likeness (QED) is 0.744. The zero-order valence-corrected chi connectivity index (χ0v) is 12.4. The summed E-state index contributed by atoms with van der Waals surface area (Å²) in [5, 5.41) is 0.901. The van der Waals surface area contributed by atoms with Gasteiger partial charge in [0.05, 0.1) is 0 Å². The Morgan fingerprint density at radius 3 is 2.59 bits per heavy atom. The predicted molar refractivity (Wildman–Crippen MR) is 91.0 cm³/mol. The normalized spacial score (nSPS) is 10.8. The van der Waals surface area contributed by atoms with Crippen molar-refractivity contribution in [2.45, 2.75) is 13.3 Å². The second-order valence-electron chi connectivity index (χ2n) is 5.30. The van der Waals surface area contributed by atoms with Crippen LogP contribution in [-0.4, -0.2) is 0 Å². The van der Waals surface area contributed by atoms with Gasteiger partial charge in [0, 0.05) is 5.39 Å². The highest BCUT2D eigenvalue weighted by molar-refractivity contribution is 5.90. The van der Waals surface area contributed by atoms with Crippen molar-refractivity contribution < 1.29 is 4.42 Å². The average molecular weight is 291 g/mol. The van der Waals surface area contributed by atoms with Crippen LogP contribution in [0.2, 0.25) is 0 Å². The van der Waals surface area contributed by atoms with Crippen LogP contribution in [0.15, 0.2) is 58.3 Å². The molecule has 2 N–H and O–H groups in total. The van der Waals surface area contributed by atoms with Crippen LogP contribution in [0, 0.1) is 6.92 Å². The van der Waals surface area contributed by atoms with Crippen molar-refractivity contribution in [2.75, 3.05) is 5.73 Å². The number of aryl methyl sites for hydroxylation is 1. The van der Waals surface area contributed by atoms with Crippen LogP contribution in [0.4, 0.5) is 5.69 Å². The van der Waals surface area contributed by atoms with Gasteiger partial charge in [-0.2, -0.15) is 0 Å². The molecule has 3 aromatic rings. The first-order valence-electron chi connectivity index (χ1n) is 7.13. The highest BCUT2D eigenvalue weighted by Gasteiger charge is 2.14. The second-order valence-corrected chi connectivity index (χ2v) is 5.30. The molecule has 0 spiro atoms. The van der Waals surface area contributed by atoms with E-state index in [1.165, 1.54) is 5.56 Å². The third-order valence-corrected chi connectivity index (χ3v) is 3.96. The first-order valence-corrected chi connectivity index (χ1v) is 7.13. The molecule has 3 heteroatoms. The van der Waals surface area contributed by atoms with Crippen molar-refractivity contribution in [1.29, 1.82) is 0 Å². The Morgan fingerprint density at radius 1 is 1.18 bits per heavy atom. The van der Waals surface area contributed by atoms with Crippen molar-refractivity contribution in [3.05, 3.63) is 81.7 Å². The molecule has 0 radical (unpaired) electrons. The van der Waals surface area contributed by atoms with Crippen LogP contribution in [0.25, 0.3) is 17.0 Å². The van der Waals surface area contributed by atoms with E-state index in [4.69, 9.17) is 10.2 Å². The summed E-state index contributed by atoms with van der Waals surface area (Å²) in [7, 11) is 0. The van der Waals surface area contributed by atoms with Crippen LogP contribution in [0.1, 0.15) is 22.3 Å². The van der Waals surface area contributed by atoms with E-state index in [-0.39, 0.29) is 5.69 Å². The zero-order chi connectivity index (χ0) is 15.7. The van der Waals surface area contributed by atoms with E-state index in [0.717, 1.165) is 28.5 Å². The fraction of sp³-hybridized carbons (Fsp3) is 0.105. The molecule has 0 amide bonds. The molecule has 2 aromatic carbocycles. The Bertz CT molecular complexity index is 908. The average Bonchev–Trinajstić information content (AvgIpc) is 2.54. The molecule has 0 atom stereocenters. The second kappa shape index (κ2) is 5.53. The minimum atomic E-state index is -0.484. The molecule has 1 aromatic heterocycles. The summed E-state index contributed by atoms with van der Waals surface area (Å²) in [5.74, 6) is 0. The minimum Gasteiger partial charge on any atom is -0.421 e. The topological polar surface area (TPSA) is 56.2 Å².